The van der Waals surface area contributed by atoms with E-state index in [1.165, 1.54) is 23.5 Å². The lowest BCUT2D eigenvalue weighted by molar-refractivity contribution is -0.380. The molecule has 0 saturated heterocycles. The number of thiazole rings is 1. The molecule has 2 heterocycles. The number of aromatic nitrogens is 1. The van der Waals surface area contributed by atoms with Crippen molar-refractivity contribution in [3.05, 3.63) is 62.8 Å². The van der Waals surface area contributed by atoms with Crippen LogP contribution < -0.4 is 9.54 Å². The Morgan fingerprint density at radius 1 is 1.40 bits per heavy atom. The molecule has 0 fully saturated rings. The quantitative estimate of drug-likeness (QED) is 0.387. The molecule has 0 aliphatic carbocycles. The maximum atomic E-state index is 12.4. The summed E-state index contributed by atoms with van der Waals surface area (Å²) in [6.07, 6.45) is 1.71. The van der Waals surface area contributed by atoms with Crippen LogP contribution >= 0.6 is 22.7 Å². The Balaban J connectivity index is 2.14. The van der Waals surface area contributed by atoms with Gasteiger partial charge in [0.15, 0.2) is 4.80 Å². The molecule has 128 valence electrons. The fourth-order valence-electron chi connectivity index (χ4n) is 2.33. The number of ether oxygens (including phenoxy) is 1. The minimum Gasteiger partial charge on any atom is -0.495 e. The first kappa shape index (κ1) is 17.1. The number of nitro groups is 1. The normalized spacial score (nSPS) is 11.6. The number of benzene rings is 1. The van der Waals surface area contributed by atoms with Crippen LogP contribution in [-0.2, 0) is 6.54 Å². The van der Waals surface area contributed by atoms with Gasteiger partial charge in [-0.3, -0.25) is 14.9 Å². The van der Waals surface area contributed by atoms with E-state index in [1.54, 1.807) is 13.2 Å². The molecule has 0 bridgehead atoms. The molecule has 25 heavy (non-hydrogen) atoms. The lowest BCUT2D eigenvalue weighted by atomic mass is 10.3. The van der Waals surface area contributed by atoms with Gasteiger partial charge in [0.2, 0.25) is 0 Å². The molecular weight excluding hydrogens is 362 g/mol. The minimum atomic E-state index is -0.524. The lowest BCUT2D eigenvalue weighted by Gasteiger charge is -2.05. The molecule has 0 spiro atoms. The third-order valence-electron chi connectivity index (χ3n) is 3.38. The summed E-state index contributed by atoms with van der Waals surface area (Å²) in [5.41, 5.74) is 0.832. The van der Waals surface area contributed by atoms with Gasteiger partial charge in [-0.2, -0.15) is 4.99 Å². The van der Waals surface area contributed by atoms with Crippen LogP contribution in [0.5, 0.6) is 5.75 Å². The van der Waals surface area contributed by atoms with Gasteiger partial charge in [0, 0.05) is 12.6 Å². The van der Waals surface area contributed by atoms with E-state index in [0.29, 0.717) is 17.1 Å². The first-order valence-electron chi connectivity index (χ1n) is 7.15. The number of para-hydroxylation sites is 1. The average molecular weight is 375 g/mol. The molecule has 0 aliphatic heterocycles. The van der Waals surface area contributed by atoms with Gasteiger partial charge >= 0.3 is 5.00 Å². The third-order valence-corrected chi connectivity index (χ3v) is 5.44. The molecule has 0 atom stereocenters. The molecule has 9 heteroatoms. The van der Waals surface area contributed by atoms with Crippen molar-refractivity contribution in [1.82, 2.24) is 4.57 Å². The van der Waals surface area contributed by atoms with Crippen LogP contribution in [0.4, 0.5) is 5.00 Å². The standard InChI is InChI=1S/C16H13N3O4S2/c1-3-9-18-14-10(23-2)5-4-6-11(14)25-16(18)17-15(20)12-7-8-13(24-12)19(21)22/h3-8H,1,9H2,2H3. The highest BCUT2D eigenvalue weighted by molar-refractivity contribution is 7.17. The summed E-state index contributed by atoms with van der Waals surface area (Å²) in [4.78, 5) is 27.5. The summed E-state index contributed by atoms with van der Waals surface area (Å²) in [6.45, 7) is 4.20. The first-order chi connectivity index (χ1) is 12.0. The van der Waals surface area contributed by atoms with Crippen LogP contribution in [0.2, 0.25) is 0 Å². The van der Waals surface area contributed by atoms with Crippen molar-refractivity contribution in [2.75, 3.05) is 7.11 Å². The number of amides is 1. The number of hydrogen-bond acceptors (Lipinski definition) is 6. The maximum absolute atomic E-state index is 12.4. The van der Waals surface area contributed by atoms with Gasteiger partial charge in [-0.25, -0.2) is 0 Å². The molecule has 3 aromatic rings. The van der Waals surface area contributed by atoms with Crippen LogP contribution in [0.15, 0.2) is 48.0 Å². The Labute approximate surface area is 150 Å². The predicted molar refractivity (Wildman–Crippen MR) is 97.4 cm³/mol. The number of carbonyl (C=O) groups excluding carboxylic acids is 1. The van der Waals surface area contributed by atoms with E-state index in [4.69, 9.17) is 4.74 Å². The SMILES string of the molecule is C=CCn1c(=NC(=O)c2ccc([N+](=O)[O-])s2)sc2cccc(OC)c21. The Bertz CT molecular complexity index is 1050. The van der Waals surface area contributed by atoms with Gasteiger partial charge < -0.3 is 9.30 Å². The van der Waals surface area contributed by atoms with Gasteiger partial charge in [-0.05, 0) is 18.2 Å². The van der Waals surface area contributed by atoms with Gasteiger partial charge in [-0.15, -0.1) is 6.58 Å². The summed E-state index contributed by atoms with van der Waals surface area (Å²) < 4.78 is 8.16. The van der Waals surface area contributed by atoms with Crippen molar-refractivity contribution in [3.63, 3.8) is 0 Å². The largest absolute Gasteiger partial charge is 0.495 e. The smallest absolute Gasteiger partial charge is 0.324 e. The Hall–Kier alpha value is -2.78. The van der Waals surface area contributed by atoms with Crippen LogP contribution in [0.3, 0.4) is 0 Å². The summed E-state index contributed by atoms with van der Waals surface area (Å²) in [6, 6.07) is 8.34. The molecule has 1 amide bonds. The average Bonchev–Trinajstić information content (AvgIpc) is 3.21. The highest BCUT2D eigenvalue weighted by Crippen LogP contribution is 2.28. The van der Waals surface area contributed by atoms with Crippen LogP contribution in [0, 0.1) is 10.1 Å². The molecule has 7 nitrogen and oxygen atoms in total. The molecule has 2 aromatic heterocycles. The lowest BCUT2D eigenvalue weighted by Crippen LogP contribution is -2.16. The fraction of sp³-hybridized carbons (Fsp3) is 0.125. The van der Waals surface area contributed by atoms with E-state index < -0.39 is 10.8 Å². The number of carbonyl (C=O) groups is 1. The third kappa shape index (κ3) is 3.24. The monoisotopic (exact) mass is 375 g/mol. The van der Waals surface area contributed by atoms with Crippen molar-refractivity contribution in [2.24, 2.45) is 4.99 Å². The van der Waals surface area contributed by atoms with Gasteiger partial charge in [0.05, 0.1) is 16.7 Å². The zero-order chi connectivity index (χ0) is 18.0. The van der Waals surface area contributed by atoms with Crippen LogP contribution in [0.25, 0.3) is 10.2 Å². The molecule has 0 unspecified atom stereocenters. The number of nitrogens with zero attached hydrogens (tertiary/aromatic N) is 3. The Kier molecular flexibility index (Phi) is 4.77. The molecular formula is C16H13N3O4S2. The molecule has 1 aromatic carbocycles. The molecule has 0 aliphatic rings. The number of thiophene rings is 1. The van der Waals surface area contributed by atoms with Crippen molar-refractivity contribution in [2.45, 2.75) is 6.54 Å². The summed E-state index contributed by atoms with van der Waals surface area (Å²) in [5.74, 6) is 0.165. The zero-order valence-electron chi connectivity index (χ0n) is 13.2. The van der Waals surface area contributed by atoms with Crippen LogP contribution in [0.1, 0.15) is 9.67 Å². The zero-order valence-corrected chi connectivity index (χ0v) is 14.8. The second-order valence-corrected chi connectivity index (χ2v) is 6.97. The van der Waals surface area contributed by atoms with Crippen LogP contribution in [-0.4, -0.2) is 22.5 Å². The second-order valence-electron chi connectivity index (χ2n) is 4.90. The first-order valence-corrected chi connectivity index (χ1v) is 8.79. The van der Waals surface area contributed by atoms with E-state index in [0.717, 1.165) is 21.6 Å². The van der Waals surface area contributed by atoms with Crippen molar-refractivity contribution in [1.29, 1.82) is 0 Å². The van der Waals surface area contributed by atoms with E-state index in [-0.39, 0.29) is 9.88 Å². The van der Waals surface area contributed by atoms with Crippen molar-refractivity contribution >= 4 is 43.8 Å². The molecule has 3 rings (SSSR count). The van der Waals surface area contributed by atoms with E-state index in [1.807, 2.05) is 22.8 Å². The van der Waals surface area contributed by atoms with Crippen molar-refractivity contribution in [3.8, 4) is 5.75 Å². The second kappa shape index (κ2) is 6.99. The Morgan fingerprint density at radius 3 is 2.84 bits per heavy atom. The van der Waals surface area contributed by atoms with Crippen molar-refractivity contribution < 1.29 is 14.5 Å². The maximum Gasteiger partial charge on any atom is 0.324 e. The topological polar surface area (TPSA) is 86.7 Å². The number of rotatable bonds is 5. The molecule has 0 N–H and O–H groups in total. The Morgan fingerprint density at radius 2 is 2.20 bits per heavy atom. The number of hydrogen-bond donors (Lipinski definition) is 0. The molecule has 0 saturated carbocycles. The minimum absolute atomic E-state index is 0.0875. The van der Waals surface area contributed by atoms with E-state index in [9.17, 15) is 14.9 Å². The highest BCUT2D eigenvalue weighted by Gasteiger charge is 2.16. The predicted octanol–water partition coefficient (Wildman–Crippen LogP) is 3.61. The highest BCUT2D eigenvalue weighted by atomic mass is 32.1. The van der Waals surface area contributed by atoms with E-state index >= 15 is 0 Å². The van der Waals surface area contributed by atoms with E-state index in [2.05, 4.69) is 11.6 Å². The summed E-state index contributed by atoms with van der Waals surface area (Å²) in [7, 11) is 1.58. The number of methoxy groups -OCH3 is 1. The van der Waals surface area contributed by atoms with Gasteiger partial charge in [0.1, 0.15) is 16.1 Å². The van der Waals surface area contributed by atoms with Gasteiger partial charge in [0.25, 0.3) is 5.91 Å². The number of fused-ring (bicyclic) bond motifs is 1. The summed E-state index contributed by atoms with van der Waals surface area (Å²) in [5, 5.41) is 10.7. The van der Waals surface area contributed by atoms with Gasteiger partial charge in [-0.1, -0.05) is 34.8 Å². The molecule has 0 radical (unpaired) electrons. The number of allylic oxidation sites excluding steroid dienone is 1. The fourth-order valence-corrected chi connectivity index (χ4v) is 4.09. The summed E-state index contributed by atoms with van der Waals surface area (Å²) >= 11 is 2.16.